The molecular weight excluding hydrogens is 364 g/mol. The van der Waals surface area contributed by atoms with E-state index in [4.69, 9.17) is 9.84 Å². The summed E-state index contributed by atoms with van der Waals surface area (Å²) in [7, 11) is 0. The number of carbonyl (C=O) groups excluding carboxylic acids is 1. The Morgan fingerprint density at radius 2 is 1.86 bits per heavy atom. The number of piperazine rings is 1. The highest BCUT2D eigenvalue weighted by Gasteiger charge is 2.21. The smallest absolute Gasteiger partial charge is 0.407 e. The lowest BCUT2D eigenvalue weighted by atomic mass is 10.2. The molecule has 1 aliphatic rings. The monoisotopic (exact) mass is 388 g/mol. The predicted octanol–water partition coefficient (Wildman–Crippen LogP) is 1.54. The Labute approximate surface area is 162 Å². The topological polar surface area (TPSA) is 105 Å². The van der Waals surface area contributed by atoms with Crippen molar-refractivity contribution in [2.75, 3.05) is 31.1 Å². The van der Waals surface area contributed by atoms with Gasteiger partial charge in [0, 0.05) is 31.9 Å². The van der Waals surface area contributed by atoms with E-state index in [0.29, 0.717) is 37.1 Å². The number of benzene rings is 1. The number of fused-ring (bicyclic) bond motifs is 1. The summed E-state index contributed by atoms with van der Waals surface area (Å²) in [6.45, 7) is 7.00. The van der Waals surface area contributed by atoms with Gasteiger partial charge in [0.25, 0.3) is 5.56 Å². The molecule has 0 saturated carbocycles. The van der Waals surface area contributed by atoms with E-state index < -0.39 is 17.7 Å². The van der Waals surface area contributed by atoms with Crippen LogP contribution in [0, 0.1) is 0 Å². The lowest BCUT2D eigenvalue weighted by molar-refractivity contribution is -0.155. The van der Waals surface area contributed by atoms with E-state index in [0.717, 1.165) is 5.69 Å². The molecule has 3 rings (SSSR count). The molecule has 1 N–H and O–H groups in total. The van der Waals surface area contributed by atoms with Crippen molar-refractivity contribution in [2.24, 2.45) is 0 Å². The van der Waals surface area contributed by atoms with Gasteiger partial charge in [0.1, 0.15) is 12.1 Å². The number of rotatable bonds is 3. The van der Waals surface area contributed by atoms with Gasteiger partial charge in [-0.2, -0.15) is 0 Å². The van der Waals surface area contributed by atoms with Gasteiger partial charge in [-0.3, -0.25) is 14.2 Å². The summed E-state index contributed by atoms with van der Waals surface area (Å²) in [5.41, 5.74) is 0.419. The summed E-state index contributed by atoms with van der Waals surface area (Å²) in [5.74, 6) is -0.503. The Kier molecular flexibility index (Phi) is 5.26. The Hall–Kier alpha value is -3.10. The Balaban J connectivity index is 1.83. The van der Waals surface area contributed by atoms with E-state index in [1.165, 1.54) is 15.8 Å². The molecule has 2 heterocycles. The molecule has 0 unspecified atom stereocenters. The SMILES string of the molecule is CC(C)(C)OC(=O)Cn1cnc2ccc(N3CCN(C(=O)O)CC3)cc2c1=O. The first-order valence-electron chi connectivity index (χ1n) is 9.08. The molecule has 0 radical (unpaired) electrons. The van der Waals surface area contributed by atoms with Crippen LogP contribution in [0.3, 0.4) is 0 Å². The zero-order chi connectivity index (χ0) is 20.5. The minimum absolute atomic E-state index is 0.208. The number of hydrogen-bond acceptors (Lipinski definition) is 6. The molecule has 9 nitrogen and oxygen atoms in total. The van der Waals surface area contributed by atoms with E-state index in [1.54, 1.807) is 32.9 Å². The van der Waals surface area contributed by atoms with Gasteiger partial charge >= 0.3 is 12.1 Å². The average Bonchev–Trinajstić information content (AvgIpc) is 2.62. The average molecular weight is 388 g/mol. The van der Waals surface area contributed by atoms with E-state index in [2.05, 4.69) is 4.98 Å². The van der Waals surface area contributed by atoms with Crippen molar-refractivity contribution >= 4 is 28.7 Å². The van der Waals surface area contributed by atoms with Crippen LogP contribution < -0.4 is 10.5 Å². The Morgan fingerprint density at radius 3 is 2.46 bits per heavy atom. The quantitative estimate of drug-likeness (QED) is 0.795. The van der Waals surface area contributed by atoms with Crippen LogP contribution in [-0.4, -0.2) is 63.4 Å². The van der Waals surface area contributed by atoms with Crippen LogP contribution in [0.2, 0.25) is 0 Å². The van der Waals surface area contributed by atoms with Crippen molar-refractivity contribution < 1.29 is 19.4 Å². The highest BCUT2D eigenvalue weighted by Crippen LogP contribution is 2.20. The molecule has 0 bridgehead atoms. The van der Waals surface area contributed by atoms with Gasteiger partial charge in [0.15, 0.2) is 0 Å². The molecule has 0 spiro atoms. The summed E-state index contributed by atoms with van der Waals surface area (Å²) in [5, 5.41) is 9.47. The molecule has 28 heavy (non-hydrogen) atoms. The minimum atomic E-state index is -0.924. The van der Waals surface area contributed by atoms with Gasteiger partial charge < -0.3 is 19.6 Å². The first-order chi connectivity index (χ1) is 13.1. The standard InChI is InChI=1S/C19H24N4O5/c1-19(2,3)28-16(24)11-23-12-20-15-5-4-13(10-14(15)17(23)25)21-6-8-22(9-7-21)18(26)27/h4-5,10,12H,6-9,11H2,1-3H3,(H,26,27). The van der Waals surface area contributed by atoms with Crippen LogP contribution in [0.1, 0.15) is 20.8 Å². The second-order valence-electron chi connectivity index (χ2n) is 7.72. The van der Waals surface area contributed by atoms with Crippen LogP contribution in [0.15, 0.2) is 29.3 Å². The molecule has 1 aliphatic heterocycles. The zero-order valence-corrected chi connectivity index (χ0v) is 16.2. The Bertz CT molecular complexity index is 955. The fourth-order valence-electron chi connectivity index (χ4n) is 3.13. The van der Waals surface area contributed by atoms with Gasteiger partial charge in [-0.1, -0.05) is 0 Å². The third-order valence-electron chi connectivity index (χ3n) is 4.44. The molecule has 1 aromatic heterocycles. The summed E-state index contributed by atoms with van der Waals surface area (Å²) in [6.07, 6.45) is 0.423. The normalized spacial score (nSPS) is 15.0. The highest BCUT2D eigenvalue weighted by atomic mass is 16.6. The van der Waals surface area contributed by atoms with Crippen molar-refractivity contribution in [2.45, 2.75) is 32.9 Å². The van der Waals surface area contributed by atoms with Gasteiger partial charge in [-0.05, 0) is 39.0 Å². The van der Waals surface area contributed by atoms with E-state index in [1.807, 2.05) is 11.0 Å². The van der Waals surface area contributed by atoms with Crippen molar-refractivity contribution in [3.8, 4) is 0 Å². The van der Waals surface area contributed by atoms with E-state index >= 15 is 0 Å². The van der Waals surface area contributed by atoms with Crippen LogP contribution in [0.25, 0.3) is 10.9 Å². The maximum Gasteiger partial charge on any atom is 0.407 e. The fourth-order valence-corrected chi connectivity index (χ4v) is 3.13. The first-order valence-corrected chi connectivity index (χ1v) is 9.08. The molecule has 0 aliphatic carbocycles. The minimum Gasteiger partial charge on any atom is -0.465 e. The maximum atomic E-state index is 12.8. The zero-order valence-electron chi connectivity index (χ0n) is 16.2. The van der Waals surface area contributed by atoms with Crippen molar-refractivity contribution in [3.05, 3.63) is 34.9 Å². The maximum absolute atomic E-state index is 12.8. The second-order valence-corrected chi connectivity index (χ2v) is 7.72. The Morgan fingerprint density at radius 1 is 1.18 bits per heavy atom. The summed E-state index contributed by atoms with van der Waals surface area (Å²) in [4.78, 5) is 43.6. The summed E-state index contributed by atoms with van der Waals surface area (Å²) >= 11 is 0. The lowest BCUT2D eigenvalue weighted by Crippen LogP contribution is -2.48. The number of hydrogen-bond donors (Lipinski definition) is 1. The lowest BCUT2D eigenvalue weighted by Gasteiger charge is -2.34. The van der Waals surface area contributed by atoms with Crippen molar-refractivity contribution in [3.63, 3.8) is 0 Å². The van der Waals surface area contributed by atoms with Crippen LogP contribution >= 0.6 is 0 Å². The van der Waals surface area contributed by atoms with Crippen LogP contribution in [0.4, 0.5) is 10.5 Å². The van der Waals surface area contributed by atoms with E-state index in [9.17, 15) is 14.4 Å². The van der Waals surface area contributed by atoms with Gasteiger partial charge in [0.2, 0.25) is 0 Å². The molecule has 0 atom stereocenters. The molecule has 150 valence electrons. The third kappa shape index (κ3) is 4.41. The van der Waals surface area contributed by atoms with Gasteiger partial charge in [-0.25, -0.2) is 9.78 Å². The molecule has 1 saturated heterocycles. The number of carboxylic acid groups (broad SMARTS) is 1. The largest absolute Gasteiger partial charge is 0.465 e. The molecule has 2 aromatic rings. The number of anilines is 1. The number of ether oxygens (including phenoxy) is 1. The fraction of sp³-hybridized carbons (Fsp3) is 0.474. The number of nitrogens with zero attached hydrogens (tertiary/aromatic N) is 4. The van der Waals surface area contributed by atoms with Crippen LogP contribution in [-0.2, 0) is 16.1 Å². The first kappa shape index (κ1) is 19.7. The summed E-state index contributed by atoms with van der Waals surface area (Å²) < 4.78 is 6.51. The number of esters is 1. The van der Waals surface area contributed by atoms with Crippen molar-refractivity contribution in [1.29, 1.82) is 0 Å². The third-order valence-corrected chi connectivity index (χ3v) is 4.44. The molecule has 1 fully saturated rings. The molecule has 9 heteroatoms. The summed E-state index contributed by atoms with van der Waals surface area (Å²) in [6, 6.07) is 5.36. The molecule has 1 amide bonds. The number of amides is 1. The van der Waals surface area contributed by atoms with Gasteiger partial charge in [0.05, 0.1) is 17.2 Å². The van der Waals surface area contributed by atoms with Crippen LogP contribution in [0.5, 0.6) is 0 Å². The predicted molar refractivity (Wildman–Crippen MR) is 104 cm³/mol. The molecular formula is C19H24N4O5. The highest BCUT2D eigenvalue weighted by molar-refractivity contribution is 5.82. The van der Waals surface area contributed by atoms with E-state index in [-0.39, 0.29) is 12.1 Å². The number of aromatic nitrogens is 2. The van der Waals surface area contributed by atoms with Gasteiger partial charge in [-0.15, -0.1) is 0 Å². The molecule has 1 aromatic carbocycles. The second kappa shape index (κ2) is 7.49. The van der Waals surface area contributed by atoms with Crippen molar-refractivity contribution in [1.82, 2.24) is 14.5 Å². The number of carbonyl (C=O) groups is 2.